The van der Waals surface area contributed by atoms with Crippen molar-refractivity contribution in [2.45, 2.75) is 83.7 Å². The Labute approximate surface area is 147 Å². The van der Waals surface area contributed by atoms with Gasteiger partial charge in [0.1, 0.15) is 6.10 Å². The molecular weight excluding hydrogens is 300 g/mol. The standard InChI is InChI=1S/C21H34O3/c1-3-4-7-14-20(22)15-9-6-5-8-12-18-17-19(18)13-10-11-16-21(23)24-2/h5-6,18-20,22H,3-4,7-8,10-14,16-17H2,1-2H3/b6-5-/t18-,19-,20-/m1/s1. The van der Waals surface area contributed by atoms with E-state index in [2.05, 4.69) is 29.6 Å². The molecule has 3 heteroatoms. The number of carbonyl (C=O) groups excluding carboxylic acids is 1. The number of ether oxygens (including phenoxy) is 1. The first kappa shape index (κ1) is 20.8. The highest BCUT2D eigenvalue weighted by molar-refractivity contribution is 5.68. The van der Waals surface area contributed by atoms with E-state index in [0.717, 1.165) is 43.9 Å². The minimum Gasteiger partial charge on any atom is -0.469 e. The molecule has 1 aliphatic carbocycles. The summed E-state index contributed by atoms with van der Waals surface area (Å²) in [5.74, 6) is 7.47. The zero-order valence-electron chi connectivity index (χ0n) is 15.4. The first-order chi connectivity index (χ1) is 11.7. The van der Waals surface area contributed by atoms with Crippen LogP contribution in [0.15, 0.2) is 12.2 Å². The smallest absolute Gasteiger partial charge is 0.305 e. The Morgan fingerprint density at radius 3 is 2.79 bits per heavy atom. The minimum absolute atomic E-state index is 0.0934. The number of hydrogen-bond acceptors (Lipinski definition) is 3. The predicted octanol–water partition coefficient (Wildman–Crippen LogP) is 4.64. The molecule has 0 aromatic carbocycles. The topological polar surface area (TPSA) is 46.5 Å². The highest BCUT2D eigenvalue weighted by Gasteiger charge is 2.34. The van der Waals surface area contributed by atoms with Crippen molar-refractivity contribution in [1.82, 2.24) is 0 Å². The van der Waals surface area contributed by atoms with Gasteiger partial charge in [-0.2, -0.15) is 0 Å². The summed E-state index contributed by atoms with van der Waals surface area (Å²) >= 11 is 0. The number of aliphatic hydroxyl groups excluding tert-OH is 1. The lowest BCUT2D eigenvalue weighted by Gasteiger charge is -2.00. The van der Waals surface area contributed by atoms with Crippen LogP contribution in [0.5, 0.6) is 0 Å². The molecule has 3 nitrogen and oxygen atoms in total. The van der Waals surface area contributed by atoms with Gasteiger partial charge in [-0.05, 0) is 56.4 Å². The molecule has 1 N–H and O–H groups in total. The van der Waals surface area contributed by atoms with Crippen LogP contribution in [0.25, 0.3) is 0 Å². The zero-order chi connectivity index (χ0) is 17.6. The van der Waals surface area contributed by atoms with Crippen molar-refractivity contribution in [3.8, 4) is 11.8 Å². The predicted molar refractivity (Wildman–Crippen MR) is 98.4 cm³/mol. The molecule has 0 saturated heterocycles. The SMILES string of the molecule is CCCCC[C@@H](O)C#C/C=C\CC[C@@H]1C[C@H]1CCCCC(=O)OC. The van der Waals surface area contributed by atoms with E-state index in [-0.39, 0.29) is 5.97 Å². The molecule has 1 saturated carbocycles. The van der Waals surface area contributed by atoms with Crippen molar-refractivity contribution in [2.24, 2.45) is 11.8 Å². The molecule has 0 heterocycles. The Balaban J connectivity index is 1.98. The summed E-state index contributed by atoms with van der Waals surface area (Å²) in [5, 5.41) is 9.68. The third-order valence-corrected chi connectivity index (χ3v) is 4.74. The lowest BCUT2D eigenvalue weighted by atomic mass is 10.1. The van der Waals surface area contributed by atoms with Crippen LogP contribution in [0, 0.1) is 23.7 Å². The van der Waals surface area contributed by atoms with Gasteiger partial charge in [0.15, 0.2) is 0 Å². The summed E-state index contributed by atoms with van der Waals surface area (Å²) in [5.41, 5.74) is 0. The van der Waals surface area contributed by atoms with E-state index in [1.54, 1.807) is 0 Å². The van der Waals surface area contributed by atoms with E-state index in [1.165, 1.54) is 39.2 Å². The average Bonchev–Trinajstić information content (AvgIpc) is 3.33. The van der Waals surface area contributed by atoms with Gasteiger partial charge in [0, 0.05) is 6.42 Å². The number of hydrogen-bond donors (Lipinski definition) is 1. The molecule has 136 valence electrons. The molecular formula is C21H34O3. The van der Waals surface area contributed by atoms with Crippen molar-refractivity contribution >= 4 is 5.97 Å². The van der Waals surface area contributed by atoms with Gasteiger partial charge in [0.2, 0.25) is 0 Å². The molecule has 24 heavy (non-hydrogen) atoms. The van der Waals surface area contributed by atoms with Crippen LogP contribution in [0.4, 0.5) is 0 Å². The van der Waals surface area contributed by atoms with E-state index < -0.39 is 6.10 Å². The van der Waals surface area contributed by atoms with E-state index in [9.17, 15) is 9.90 Å². The maximum Gasteiger partial charge on any atom is 0.305 e. The number of carbonyl (C=O) groups is 1. The highest BCUT2D eigenvalue weighted by Crippen LogP contribution is 2.45. The first-order valence-electron chi connectivity index (χ1n) is 9.58. The number of esters is 1. The average molecular weight is 335 g/mol. The molecule has 0 aromatic heterocycles. The Kier molecular flexibility index (Phi) is 11.3. The van der Waals surface area contributed by atoms with Crippen LogP contribution >= 0.6 is 0 Å². The van der Waals surface area contributed by atoms with Gasteiger partial charge in [-0.1, -0.05) is 50.5 Å². The van der Waals surface area contributed by atoms with Gasteiger partial charge in [0.25, 0.3) is 0 Å². The normalized spacial score (nSPS) is 20.5. The summed E-state index contributed by atoms with van der Waals surface area (Å²) in [6, 6.07) is 0. The van der Waals surface area contributed by atoms with Crippen LogP contribution in [0.1, 0.15) is 77.6 Å². The Morgan fingerprint density at radius 2 is 2.04 bits per heavy atom. The van der Waals surface area contributed by atoms with Gasteiger partial charge in [0.05, 0.1) is 7.11 Å². The number of allylic oxidation sites excluding steroid dienone is 2. The number of rotatable bonds is 12. The quantitative estimate of drug-likeness (QED) is 0.321. The van der Waals surface area contributed by atoms with Gasteiger partial charge in [-0.25, -0.2) is 0 Å². The van der Waals surface area contributed by atoms with Crippen LogP contribution in [-0.4, -0.2) is 24.3 Å². The van der Waals surface area contributed by atoms with E-state index >= 15 is 0 Å². The van der Waals surface area contributed by atoms with Crippen molar-refractivity contribution in [3.63, 3.8) is 0 Å². The van der Waals surface area contributed by atoms with Crippen LogP contribution in [0.2, 0.25) is 0 Å². The highest BCUT2D eigenvalue weighted by atomic mass is 16.5. The first-order valence-corrected chi connectivity index (χ1v) is 9.58. The number of methoxy groups -OCH3 is 1. The Hall–Kier alpha value is -1.27. The van der Waals surface area contributed by atoms with Gasteiger partial charge >= 0.3 is 5.97 Å². The third kappa shape index (κ3) is 10.5. The fraction of sp³-hybridized carbons (Fsp3) is 0.762. The fourth-order valence-corrected chi connectivity index (χ4v) is 3.05. The Morgan fingerprint density at radius 1 is 1.25 bits per heavy atom. The van der Waals surface area contributed by atoms with Crippen molar-refractivity contribution < 1.29 is 14.6 Å². The molecule has 0 spiro atoms. The van der Waals surface area contributed by atoms with E-state index in [0.29, 0.717) is 6.42 Å². The maximum absolute atomic E-state index is 11.0. The van der Waals surface area contributed by atoms with Crippen LogP contribution in [-0.2, 0) is 9.53 Å². The summed E-state index contributed by atoms with van der Waals surface area (Å²) < 4.78 is 4.65. The minimum atomic E-state index is -0.473. The van der Waals surface area contributed by atoms with Crippen molar-refractivity contribution in [1.29, 1.82) is 0 Å². The lowest BCUT2D eigenvalue weighted by Crippen LogP contribution is -2.01. The van der Waals surface area contributed by atoms with Crippen LogP contribution < -0.4 is 0 Å². The van der Waals surface area contributed by atoms with Gasteiger partial charge < -0.3 is 9.84 Å². The molecule has 0 unspecified atom stereocenters. The van der Waals surface area contributed by atoms with Crippen molar-refractivity contribution in [3.05, 3.63) is 12.2 Å². The maximum atomic E-state index is 11.0. The Bertz CT molecular complexity index is 430. The second-order valence-electron chi connectivity index (χ2n) is 6.86. The molecule has 0 aromatic rings. The van der Waals surface area contributed by atoms with E-state index in [1.807, 2.05) is 6.08 Å². The molecule has 0 bridgehead atoms. The largest absolute Gasteiger partial charge is 0.469 e. The van der Waals surface area contributed by atoms with E-state index in [4.69, 9.17) is 0 Å². The second kappa shape index (κ2) is 13.1. The van der Waals surface area contributed by atoms with Crippen LogP contribution in [0.3, 0.4) is 0 Å². The summed E-state index contributed by atoms with van der Waals surface area (Å²) in [6.07, 6.45) is 15.2. The molecule has 1 rings (SSSR count). The lowest BCUT2D eigenvalue weighted by molar-refractivity contribution is -0.140. The molecule has 0 aliphatic heterocycles. The molecule has 3 atom stereocenters. The summed E-state index contributed by atoms with van der Waals surface area (Å²) in [6.45, 7) is 2.16. The number of unbranched alkanes of at least 4 members (excludes halogenated alkanes) is 3. The molecule has 0 amide bonds. The monoisotopic (exact) mass is 334 g/mol. The van der Waals surface area contributed by atoms with Gasteiger partial charge in [-0.3, -0.25) is 4.79 Å². The summed E-state index contributed by atoms with van der Waals surface area (Å²) in [4.78, 5) is 11.0. The van der Waals surface area contributed by atoms with Crippen molar-refractivity contribution in [2.75, 3.05) is 7.11 Å². The zero-order valence-corrected chi connectivity index (χ0v) is 15.4. The second-order valence-corrected chi connectivity index (χ2v) is 6.86. The third-order valence-electron chi connectivity index (χ3n) is 4.74. The van der Waals surface area contributed by atoms with Gasteiger partial charge in [-0.15, -0.1) is 0 Å². The molecule has 0 radical (unpaired) electrons. The molecule has 1 aliphatic rings. The fourth-order valence-electron chi connectivity index (χ4n) is 3.05. The number of aliphatic hydroxyl groups is 1. The summed E-state index contributed by atoms with van der Waals surface area (Å²) in [7, 11) is 1.45. The molecule has 1 fully saturated rings.